The van der Waals surface area contributed by atoms with Crippen LogP contribution in [-0.4, -0.2) is 29.0 Å². The summed E-state index contributed by atoms with van der Waals surface area (Å²) < 4.78 is 0. The topological polar surface area (TPSA) is 69.6 Å². The zero-order valence-corrected chi connectivity index (χ0v) is 10.1. The first-order valence-corrected chi connectivity index (χ1v) is 5.35. The van der Waals surface area contributed by atoms with Gasteiger partial charge >= 0.3 is 6.09 Å². The Labute approximate surface area is 91.7 Å². The molecule has 3 N–H and O–H groups in total. The molecule has 90 valence electrons. The Morgan fingerprint density at radius 2 is 1.93 bits per heavy atom. The second-order valence-electron chi connectivity index (χ2n) is 5.43. The van der Waals surface area contributed by atoms with Crippen molar-refractivity contribution in [2.75, 3.05) is 6.61 Å². The van der Waals surface area contributed by atoms with Gasteiger partial charge in [-0.3, -0.25) is 0 Å². The first-order valence-electron chi connectivity index (χ1n) is 5.35. The Hall–Kier alpha value is -0.770. The van der Waals surface area contributed by atoms with Crippen LogP contribution in [-0.2, 0) is 0 Å². The van der Waals surface area contributed by atoms with E-state index in [0.717, 1.165) is 6.42 Å². The molecule has 4 heteroatoms. The molecular weight excluding hydrogens is 194 g/mol. The fourth-order valence-electron chi connectivity index (χ4n) is 1.97. The average molecular weight is 217 g/mol. The molecule has 0 aliphatic heterocycles. The molecule has 0 spiro atoms. The maximum absolute atomic E-state index is 10.4. The van der Waals surface area contributed by atoms with Gasteiger partial charge in [-0.15, -0.1) is 0 Å². The smallest absolute Gasteiger partial charge is 0.404 e. The SMILES string of the molecule is CC(CC(CO)NC(=O)O)CC(C)(C)C. The Morgan fingerprint density at radius 1 is 1.40 bits per heavy atom. The number of amides is 1. The zero-order chi connectivity index (χ0) is 12.1. The molecule has 0 heterocycles. The van der Waals surface area contributed by atoms with Crippen molar-refractivity contribution < 1.29 is 15.0 Å². The van der Waals surface area contributed by atoms with Crippen LogP contribution >= 0.6 is 0 Å². The van der Waals surface area contributed by atoms with E-state index in [0.29, 0.717) is 12.3 Å². The third-order valence-electron chi connectivity index (χ3n) is 2.20. The average Bonchev–Trinajstić information content (AvgIpc) is 1.98. The van der Waals surface area contributed by atoms with E-state index in [1.165, 1.54) is 0 Å². The first kappa shape index (κ1) is 14.2. The van der Waals surface area contributed by atoms with E-state index in [1.54, 1.807) is 0 Å². The lowest BCUT2D eigenvalue weighted by Gasteiger charge is -2.25. The number of hydrogen-bond acceptors (Lipinski definition) is 2. The quantitative estimate of drug-likeness (QED) is 0.660. The van der Waals surface area contributed by atoms with Crippen LogP contribution in [0.1, 0.15) is 40.5 Å². The minimum absolute atomic E-state index is 0.138. The third-order valence-corrected chi connectivity index (χ3v) is 2.20. The molecule has 2 atom stereocenters. The Bertz CT molecular complexity index is 198. The predicted octanol–water partition coefficient (Wildman–Crippen LogP) is 2.08. The standard InChI is InChI=1S/C11H23NO3/c1-8(6-11(2,3)4)5-9(7-13)12-10(14)15/h8-9,12-13H,5-7H2,1-4H3,(H,14,15). The van der Waals surface area contributed by atoms with E-state index in [-0.39, 0.29) is 18.1 Å². The monoisotopic (exact) mass is 217 g/mol. The van der Waals surface area contributed by atoms with Gasteiger partial charge in [0, 0.05) is 0 Å². The molecule has 0 aromatic heterocycles. The highest BCUT2D eigenvalue weighted by Gasteiger charge is 2.19. The van der Waals surface area contributed by atoms with E-state index >= 15 is 0 Å². The highest BCUT2D eigenvalue weighted by atomic mass is 16.4. The molecule has 1 amide bonds. The van der Waals surface area contributed by atoms with E-state index < -0.39 is 6.09 Å². The fraction of sp³-hybridized carbons (Fsp3) is 0.909. The summed E-state index contributed by atoms with van der Waals surface area (Å²) in [5, 5.41) is 19.8. The van der Waals surface area contributed by atoms with Crippen molar-refractivity contribution in [3.05, 3.63) is 0 Å². The van der Waals surface area contributed by atoms with E-state index in [9.17, 15) is 4.79 Å². The summed E-state index contributed by atoms with van der Waals surface area (Å²) in [6.07, 6.45) is 0.627. The van der Waals surface area contributed by atoms with Crippen LogP contribution in [0.5, 0.6) is 0 Å². The Morgan fingerprint density at radius 3 is 2.27 bits per heavy atom. The summed E-state index contributed by atoms with van der Waals surface area (Å²) in [6, 6.07) is -0.347. The van der Waals surface area contributed by atoms with E-state index in [4.69, 9.17) is 10.2 Å². The van der Waals surface area contributed by atoms with Gasteiger partial charge in [0.1, 0.15) is 0 Å². The zero-order valence-electron chi connectivity index (χ0n) is 10.1. The van der Waals surface area contributed by atoms with E-state index in [1.807, 2.05) is 0 Å². The van der Waals surface area contributed by atoms with Gasteiger partial charge in [0.15, 0.2) is 0 Å². The molecule has 0 radical (unpaired) electrons. The van der Waals surface area contributed by atoms with Crippen LogP contribution in [0.25, 0.3) is 0 Å². The molecule has 0 aliphatic rings. The van der Waals surface area contributed by atoms with Gasteiger partial charge in [-0.1, -0.05) is 27.7 Å². The summed E-state index contributed by atoms with van der Waals surface area (Å²) in [4.78, 5) is 10.4. The summed E-state index contributed by atoms with van der Waals surface area (Å²) in [6.45, 7) is 8.41. The highest BCUT2D eigenvalue weighted by Crippen LogP contribution is 2.26. The van der Waals surface area contributed by atoms with Gasteiger partial charge in [-0.2, -0.15) is 0 Å². The van der Waals surface area contributed by atoms with Crippen LogP contribution in [0, 0.1) is 11.3 Å². The van der Waals surface area contributed by atoms with Crippen LogP contribution in [0.4, 0.5) is 4.79 Å². The van der Waals surface area contributed by atoms with Crippen molar-refractivity contribution in [3.8, 4) is 0 Å². The summed E-state index contributed by atoms with van der Waals surface area (Å²) in [5.74, 6) is 0.397. The largest absolute Gasteiger partial charge is 0.465 e. The number of carboxylic acid groups (broad SMARTS) is 1. The lowest BCUT2D eigenvalue weighted by Crippen LogP contribution is -2.38. The van der Waals surface area contributed by atoms with Crippen LogP contribution in [0.2, 0.25) is 0 Å². The second kappa shape index (κ2) is 5.95. The Balaban J connectivity index is 4.01. The lowest BCUT2D eigenvalue weighted by molar-refractivity contribution is 0.167. The number of nitrogens with one attached hydrogen (secondary N) is 1. The molecule has 2 unspecified atom stereocenters. The third kappa shape index (κ3) is 8.24. The molecule has 0 aliphatic carbocycles. The van der Waals surface area contributed by atoms with Crippen molar-refractivity contribution in [2.24, 2.45) is 11.3 Å². The van der Waals surface area contributed by atoms with Gasteiger partial charge in [-0.25, -0.2) is 4.79 Å². The second-order valence-corrected chi connectivity index (χ2v) is 5.43. The summed E-state index contributed by atoms with van der Waals surface area (Å²) >= 11 is 0. The molecule has 0 aromatic carbocycles. The summed E-state index contributed by atoms with van der Waals surface area (Å²) in [7, 11) is 0. The molecular formula is C11H23NO3. The molecule has 0 saturated heterocycles. The van der Waals surface area contributed by atoms with Crippen molar-refractivity contribution >= 4 is 6.09 Å². The maximum Gasteiger partial charge on any atom is 0.404 e. The number of aliphatic hydroxyl groups is 1. The minimum Gasteiger partial charge on any atom is -0.465 e. The van der Waals surface area contributed by atoms with Gasteiger partial charge < -0.3 is 15.5 Å². The van der Waals surface area contributed by atoms with Gasteiger partial charge in [0.25, 0.3) is 0 Å². The number of rotatable bonds is 5. The molecule has 0 aromatic rings. The summed E-state index contributed by atoms with van der Waals surface area (Å²) in [5.41, 5.74) is 0.239. The van der Waals surface area contributed by atoms with Crippen molar-refractivity contribution in [3.63, 3.8) is 0 Å². The molecule has 4 nitrogen and oxygen atoms in total. The van der Waals surface area contributed by atoms with Gasteiger partial charge in [-0.05, 0) is 24.2 Å². The van der Waals surface area contributed by atoms with Crippen LogP contribution < -0.4 is 5.32 Å². The molecule has 0 fully saturated rings. The molecule has 15 heavy (non-hydrogen) atoms. The van der Waals surface area contributed by atoms with Crippen molar-refractivity contribution in [1.82, 2.24) is 5.32 Å². The molecule has 0 rings (SSSR count). The Kier molecular flexibility index (Phi) is 5.65. The van der Waals surface area contributed by atoms with Crippen molar-refractivity contribution in [1.29, 1.82) is 0 Å². The van der Waals surface area contributed by atoms with Crippen LogP contribution in [0.15, 0.2) is 0 Å². The number of hydrogen-bond donors (Lipinski definition) is 3. The molecule has 0 bridgehead atoms. The molecule has 0 saturated carbocycles. The van der Waals surface area contributed by atoms with E-state index in [2.05, 4.69) is 33.0 Å². The highest BCUT2D eigenvalue weighted by molar-refractivity contribution is 5.64. The van der Waals surface area contributed by atoms with Crippen LogP contribution in [0.3, 0.4) is 0 Å². The normalized spacial score (nSPS) is 15.8. The van der Waals surface area contributed by atoms with Gasteiger partial charge in [0.05, 0.1) is 12.6 Å². The van der Waals surface area contributed by atoms with Crippen molar-refractivity contribution in [2.45, 2.75) is 46.6 Å². The minimum atomic E-state index is -1.07. The number of aliphatic hydroxyl groups excluding tert-OH is 1. The predicted molar refractivity (Wildman–Crippen MR) is 59.9 cm³/mol. The van der Waals surface area contributed by atoms with Gasteiger partial charge in [0.2, 0.25) is 0 Å². The number of carbonyl (C=O) groups is 1. The fourth-order valence-corrected chi connectivity index (χ4v) is 1.97. The first-order chi connectivity index (χ1) is 6.74. The maximum atomic E-state index is 10.4. The lowest BCUT2D eigenvalue weighted by atomic mass is 9.83.